The lowest BCUT2D eigenvalue weighted by atomic mass is 9.79. The Morgan fingerprint density at radius 1 is 1.56 bits per heavy atom. The Kier molecular flexibility index (Phi) is 3.44. The van der Waals surface area contributed by atoms with Crippen molar-refractivity contribution in [3.8, 4) is 0 Å². The van der Waals surface area contributed by atoms with E-state index >= 15 is 0 Å². The zero-order chi connectivity index (χ0) is 6.15. The first kappa shape index (κ1) is 9.18. The van der Waals surface area contributed by atoms with Crippen LogP contribution in [0.5, 0.6) is 0 Å². The lowest BCUT2D eigenvalue weighted by Gasteiger charge is -2.32. The van der Waals surface area contributed by atoms with Gasteiger partial charge in [-0.25, -0.2) is 4.39 Å². The van der Waals surface area contributed by atoms with Crippen LogP contribution in [0.1, 0.15) is 19.8 Å². The van der Waals surface area contributed by atoms with Crippen LogP contribution >= 0.6 is 12.4 Å². The van der Waals surface area contributed by atoms with Gasteiger partial charge in [-0.15, -0.1) is 12.4 Å². The van der Waals surface area contributed by atoms with E-state index < -0.39 is 6.17 Å². The van der Waals surface area contributed by atoms with Gasteiger partial charge in [-0.3, -0.25) is 0 Å². The SMILES string of the molecule is C[C@@H](N)C1CC(F)C1.Cl. The number of hydrogen-bond donors (Lipinski definition) is 1. The van der Waals surface area contributed by atoms with Crippen LogP contribution in [0.4, 0.5) is 4.39 Å². The minimum atomic E-state index is -0.550. The molecule has 1 rings (SSSR count). The zero-order valence-corrected chi connectivity index (χ0v) is 6.33. The van der Waals surface area contributed by atoms with Gasteiger partial charge in [0.15, 0.2) is 0 Å². The molecule has 9 heavy (non-hydrogen) atoms. The summed E-state index contributed by atoms with van der Waals surface area (Å²) in [4.78, 5) is 0. The maximum absolute atomic E-state index is 12.1. The average molecular weight is 154 g/mol. The molecule has 1 aliphatic rings. The van der Waals surface area contributed by atoms with Crippen molar-refractivity contribution in [3.63, 3.8) is 0 Å². The van der Waals surface area contributed by atoms with Crippen LogP contribution in [-0.4, -0.2) is 12.2 Å². The maximum atomic E-state index is 12.1. The van der Waals surface area contributed by atoms with Gasteiger partial charge < -0.3 is 5.73 Å². The highest BCUT2D eigenvalue weighted by Crippen LogP contribution is 2.31. The van der Waals surface area contributed by atoms with Gasteiger partial charge in [0.2, 0.25) is 0 Å². The predicted octanol–water partition coefficient (Wildman–Crippen LogP) is 1.50. The normalized spacial score (nSPS) is 36.3. The summed E-state index contributed by atoms with van der Waals surface area (Å²) in [6, 6.07) is 0.196. The highest BCUT2D eigenvalue weighted by molar-refractivity contribution is 5.85. The Balaban J connectivity index is 0.000000640. The summed E-state index contributed by atoms with van der Waals surface area (Å²) in [7, 11) is 0. The van der Waals surface area contributed by atoms with Crippen molar-refractivity contribution in [2.45, 2.75) is 32.0 Å². The minimum absolute atomic E-state index is 0. The third kappa shape index (κ3) is 2.11. The first-order valence-corrected chi connectivity index (χ1v) is 3.10. The summed E-state index contributed by atoms with van der Waals surface area (Å²) in [5, 5.41) is 0. The molecular weight excluding hydrogens is 141 g/mol. The van der Waals surface area contributed by atoms with Crippen molar-refractivity contribution < 1.29 is 4.39 Å². The molecule has 1 nitrogen and oxygen atoms in total. The van der Waals surface area contributed by atoms with Crippen LogP contribution in [0.3, 0.4) is 0 Å². The van der Waals surface area contributed by atoms with Crippen molar-refractivity contribution in [2.24, 2.45) is 11.7 Å². The fraction of sp³-hybridized carbons (Fsp3) is 1.00. The fourth-order valence-corrected chi connectivity index (χ4v) is 1.02. The van der Waals surface area contributed by atoms with Gasteiger partial charge in [-0.05, 0) is 25.7 Å². The number of alkyl halides is 1. The van der Waals surface area contributed by atoms with E-state index in [1.165, 1.54) is 0 Å². The topological polar surface area (TPSA) is 26.0 Å². The zero-order valence-electron chi connectivity index (χ0n) is 5.51. The fourth-order valence-electron chi connectivity index (χ4n) is 1.02. The molecule has 0 aromatic carbocycles. The lowest BCUT2D eigenvalue weighted by Crippen LogP contribution is -2.37. The molecule has 0 saturated heterocycles. The molecule has 0 aliphatic heterocycles. The summed E-state index contributed by atoms with van der Waals surface area (Å²) in [5.74, 6) is 0.463. The van der Waals surface area contributed by atoms with Crippen LogP contribution in [0, 0.1) is 5.92 Å². The van der Waals surface area contributed by atoms with Crippen LogP contribution in [0.25, 0.3) is 0 Å². The third-order valence-corrected chi connectivity index (χ3v) is 1.86. The molecule has 2 N–H and O–H groups in total. The molecule has 0 aromatic rings. The van der Waals surface area contributed by atoms with Crippen molar-refractivity contribution in [1.82, 2.24) is 0 Å². The summed E-state index contributed by atoms with van der Waals surface area (Å²) in [6.45, 7) is 1.94. The number of hydrogen-bond acceptors (Lipinski definition) is 1. The van der Waals surface area contributed by atoms with E-state index in [0.717, 1.165) is 0 Å². The van der Waals surface area contributed by atoms with Crippen molar-refractivity contribution in [2.75, 3.05) is 0 Å². The highest BCUT2D eigenvalue weighted by Gasteiger charge is 2.30. The molecule has 1 aliphatic carbocycles. The lowest BCUT2D eigenvalue weighted by molar-refractivity contribution is 0.115. The van der Waals surface area contributed by atoms with E-state index in [1.54, 1.807) is 0 Å². The van der Waals surface area contributed by atoms with Gasteiger partial charge >= 0.3 is 0 Å². The first-order chi connectivity index (χ1) is 3.70. The minimum Gasteiger partial charge on any atom is -0.328 e. The molecule has 1 saturated carbocycles. The molecule has 1 atom stereocenters. The second-order valence-corrected chi connectivity index (χ2v) is 2.69. The largest absolute Gasteiger partial charge is 0.328 e. The molecular formula is C6H13ClFN. The van der Waals surface area contributed by atoms with Gasteiger partial charge in [0.05, 0.1) is 0 Å². The van der Waals surface area contributed by atoms with Crippen molar-refractivity contribution in [1.29, 1.82) is 0 Å². The smallest absolute Gasteiger partial charge is 0.101 e. The number of nitrogens with two attached hydrogens (primary N) is 1. The van der Waals surface area contributed by atoms with Gasteiger partial charge in [0, 0.05) is 6.04 Å². The predicted molar refractivity (Wildman–Crippen MR) is 38.5 cm³/mol. The molecule has 0 radical (unpaired) electrons. The standard InChI is InChI=1S/C6H12FN.ClH/c1-4(8)5-2-6(7)3-5;/h4-6H,2-3,8H2,1H3;1H/t4-,5?,6?;/m1./s1. The molecule has 0 heterocycles. The van der Waals surface area contributed by atoms with E-state index in [2.05, 4.69) is 0 Å². The molecule has 0 aromatic heterocycles. The Morgan fingerprint density at radius 2 is 2.00 bits per heavy atom. The quantitative estimate of drug-likeness (QED) is 0.607. The van der Waals surface area contributed by atoms with E-state index in [4.69, 9.17) is 5.73 Å². The Hall–Kier alpha value is 0.180. The Bertz CT molecular complexity index is 81.1. The number of halogens is 2. The van der Waals surface area contributed by atoms with E-state index in [-0.39, 0.29) is 18.4 Å². The molecule has 56 valence electrons. The third-order valence-electron chi connectivity index (χ3n) is 1.86. The summed E-state index contributed by atoms with van der Waals surface area (Å²) < 4.78 is 12.1. The van der Waals surface area contributed by atoms with Gasteiger partial charge in [-0.2, -0.15) is 0 Å². The summed E-state index contributed by atoms with van der Waals surface area (Å²) in [5.41, 5.74) is 5.49. The second-order valence-electron chi connectivity index (χ2n) is 2.69. The summed E-state index contributed by atoms with van der Waals surface area (Å²) >= 11 is 0. The van der Waals surface area contributed by atoms with Crippen LogP contribution < -0.4 is 5.73 Å². The van der Waals surface area contributed by atoms with E-state index in [9.17, 15) is 4.39 Å². The van der Waals surface area contributed by atoms with E-state index in [1.807, 2.05) is 6.92 Å². The molecule has 0 bridgehead atoms. The molecule has 1 fully saturated rings. The average Bonchev–Trinajstić information content (AvgIpc) is 1.57. The Morgan fingerprint density at radius 3 is 2.11 bits per heavy atom. The van der Waals surface area contributed by atoms with E-state index in [0.29, 0.717) is 18.8 Å². The van der Waals surface area contributed by atoms with Crippen molar-refractivity contribution in [3.05, 3.63) is 0 Å². The first-order valence-electron chi connectivity index (χ1n) is 3.10. The molecule has 0 amide bonds. The van der Waals surface area contributed by atoms with Crippen LogP contribution in [-0.2, 0) is 0 Å². The maximum Gasteiger partial charge on any atom is 0.101 e. The van der Waals surface area contributed by atoms with Gasteiger partial charge in [0.25, 0.3) is 0 Å². The van der Waals surface area contributed by atoms with Crippen LogP contribution in [0.15, 0.2) is 0 Å². The van der Waals surface area contributed by atoms with Gasteiger partial charge in [-0.1, -0.05) is 0 Å². The molecule has 3 heteroatoms. The van der Waals surface area contributed by atoms with Crippen molar-refractivity contribution >= 4 is 12.4 Å². The Labute approximate surface area is 61.2 Å². The monoisotopic (exact) mass is 153 g/mol. The second kappa shape index (κ2) is 3.37. The molecule has 0 unspecified atom stereocenters. The summed E-state index contributed by atoms with van der Waals surface area (Å²) in [6.07, 6.45) is 0.834. The molecule has 0 spiro atoms. The number of rotatable bonds is 1. The highest BCUT2D eigenvalue weighted by atomic mass is 35.5. The van der Waals surface area contributed by atoms with Gasteiger partial charge in [0.1, 0.15) is 6.17 Å². The van der Waals surface area contributed by atoms with Crippen LogP contribution in [0.2, 0.25) is 0 Å².